The molecule has 0 saturated carbocycles. The monoisotopic (exact) mass is 432 g/mol. The lowest BCUT2D eigenvalue weighted by Gasteiger charge is -2.26. The Bertz CT molecular complexity index is 1060. The number of carbonyl (C=O) groups is 1. The molecule has 0 aliphatic rings. The van der Waals surface area contributed by atoms with Crippen LogP contribution in [-0.4, -0.2) is 12.4 Å². The molecular formula is C28H29FO3. The molecule has 0 aromatic heterocycles. The van der Waals surface area contributed by atoms with Crippen molar-refractivity contribution in [2.24, 2.45) is 0 Å². The van der Waals surface area contributed by atoms with Crippen LogP contribution in [0, 0.1) is 5.82 Å². The topological polar surface area (TPSA) is 35.5 Å². The van der Waals surface area contributed by atoms with Crippen LogP contribution in [-0.2, 0) is 10.2 Å². The van der Waals surface area contributed by atoms with Crippen LogP contribution in [0.2, 0.25) is 0 Å². The number of benzene rings is 3. The fourth-order valence-corrected chi connectivity index (χ4v) is 3.35. The van der Waals surface area contributed by atoms with E-state index >= 15 is 0 Å². The molecule has 0 spiro atoms. The molecule has 32 heavy (non-hydrogen) atoms. The summed E-state index contributed by atoms with van der Waals surface area (Å²) in [5.74, 6) is 1.19. The average Bonchev–Trinajstić information content (AvgIpc) is 2.80. The summed E-state index contributed by atoms with van der Waals surface area (Å²) in [7, 11) is 0. The fourth-order valence-electron chi connectivity index (χ4n) is 3.35. The van der Waals surface area contributed by atoms with Gasteiger partial charge in [-0.2, -0.15) is 0 Å². The SMILES string of the molecule is CCCOc1ccc(C(C)(CC=Cc2ccc(F)c(Oc3ccccc3)c2)C(C)=O)cc1. The van der Waals surface area contributed by atoms with Crippen molar-refractivity contribution in [3.05, 3.63) is 95.8 Å². The van der Waals surface area contributed by atoms with E-state index in [2.05, 4.69) is 6.92 Å². The zero-order valence-electron chi connectivity index (χ0n) is 18.8. The van der Waals surface area contributed by atoms with Gasteiger partial charge in [-0.3, -0.25) is 4.79 Å². The summed E-state index contributed by atoms with van der Waals surface area (Å²) >= 11 is 0. The first-order valence-corrected chi connectivity index (χ1v) is 10.9. The maximum absolute atomic E-state index is 14.2. The zero-order valence-corrected chi connectivity index (χ0v) is 18.8. The Labute approximate surface area is 189 Å². The summed E-state index contributed by atoms with van der Waals surface area (Å²) in [5.41, 5.74) is 1.07. The summed E-state index contributed by atoms with van der Waals surface area (Å²) in [4.78, 5) is 12.5. The van der Waals surface area contributed by atoms with Gasteiger partial charge in [0, 0.05) is 0 Å². The fraction of sp³-hybridized carbons (Fsp3) is 0.250. The van der Waals surface area contributed by atoms with Crippen LogP contribution < -0.4 is 9.47 Å². The molecule has 3 rings (SSSR count). The molecule has 0 heterocycles. The molecule has 1 atom stereocenters. The third-order valence-corrected chi connectivity index (χ3v) is 5.50. The predicted octanol–water partition coefficient (Wildman–Crippen LogP) is 7.36. The van der Waals surface area contributed by atoms with E-state index < -0.39 is 11.2 Å². The van der Waals surface area contributed by atoms with Crippen LogP contribution in [0.4, 0.5) is 4.39 Å². The number of ketones is 1. The van der Waals surface area contributed by atoms with Gasteiger partial charge in [0.15, 0.2) is 11.6 Å². The molecule has 0 N–H and O–H groups in total. The van der Waals surface area contributed by atoms with E-state index in [1.807, 2.05) is 61.5 Å². The van der Waals surface area contributed by atoms with Gasteiger partial charge in [-0.05, 0) is 74.2 Å². The Kier molecular flexibility index (Phi) is 7.82. The standard InChI is InChI=1S/C28H29FO3/c1-4-19-31-24-15-13-23(14-16-24)28(3,21(2)30)18-8-9-22-12-17-26(29)27(20-22)32-25-10-6-5-7-11-25/h5-17,20H,4,18-19H2,1-3H3. The predicted molar refractivity (Wildman–Crippen MR) is 127 cm³/mol. The van der Waals surface area contributed by atoms with Crippen LogP contribution >= 0.6 is 0 Å². The second kappa shape index (κ2) is 10.8. The average molecular weight is 433 g/mol. The molecule has 0 radical (unpaired) electrons. The summed E-state index contributed by atoms with van der Waals surface area (Å²) in [6.45, 7) is 6.28. The number of halogens is 1. The first-order chi connectivity index (χ1) is 15.4. The van der Waals surface area contributed by atoms with Crippen LogP contribution in [0.25, 0.3) is 6.08 Å². The van der Waals surface area contributed by atoms with E-state index in [0.717, 1.165) is 23.3 Å². The molecule has 3 nitrogen and oxygen atoms in total. The molecule has 0 aliphatic heterocycles. The number of para-hydroxylation sites is 1. The first kappa shape index (κ1) is 23.3. The molecule has 0 saturated heterocycles. The van der Waals surface area contributed by atoms with Crippen molar-refractivity contribution >= 4 is 11.9 Å². The number of hydrogen-bond acceptors (Lipinski definition) is 3. The minimum Gasteiger partial charge on any atom is -0.494 e. The van der Waals surface area contributed by atoms with Crippen molar-refractivity contribution in [3.8, 4) is 17.2 Å². The van der Waals surface area contributed by atoms with Crippen LogP contribution in [0.15, 0.2) is 78.9 Å². The van der Waals surface area contributed by atoms with E-state index in [1.165, 1.54) is 6.07 Å². The lowest BCUT2D eigenvalue weighted by atomic mass is 9.76. The van der Waals surface area contributed by atoms with Gasteiger partial charge in [0.25, 0.3) is 0 Å². The Morgan fingerprint density at radius 1 is 1.00 bits per heavy atom. The Morgan fingerprint density at radius 3 is 2.38 bits per heavy atom. The lowest BCUT2D eigenvalue weighted by Crippen LogP contribution is -2.29. The lowest BCUT2D eigenvalue weighted by molar-refractivity contribution is -0.121. The molecule has 0 amide bonds. The van der Waals surface area contributed by atoms with Gasteiger partial charge < -0.3 is 9.47 Å². The molecule has 3 aromatic rings. The van der Waals surface area contributed by atoms with Gasteiger partial charge in [0.2, 0.25) is 0 Å². The van der Waals surface area contributed by atoms with Crippen LogP contribution in [0.5, 0.6) is 17.2 Å². The molecule has 1 unspecified atom stereocenters. The number of hydrogen-bond donors (Lipinski definition) is 0. The smallest absolute Gasteiger partial charge is 0.165 e. The van der Waals surface area contributed by atoms with Crippen molar-refractivity contribution in [1.29, 1.82) is 0 Å². The maximum Gasteiger partial charge on any atom is 0.165 e. The van der Waals surface area contributed by atoms with E-state index in [0.29, 0.717) is 18.8 Å². The third kappa shape index (κ3) is 5.85. The Balaban J connectivity index is 1.75. The summed E-state index contributed by atoms with van der Waals surface area (Å²) < 4.78 is 25.5. The highest BCUT2D eigenvalue weighted by Crippen LogP contribution is 2.32. The second-order valence-corrected chi connectivity index (χ2v) is 7.97. The Hall–Kier alpha value is -3.40. The summed E-state index contributed by atoms with van der Waals surface area (Å²) in [6.07, 6.45) is 5.29. The van der Waals surface area contributed by atoms with E-state index in [1.54, 1.807) is 31.2 Å². The molecule has 166 valence electrons. The van der Waals surface area contributed by atoms with Crippen molar-refractivity contribution in [2.45, 2.75) is 39.0 Å². The van der Waals surface area contributed by atoms with Gasteiger partial charge in [-0.25, -0.2) is 4.39 Å². The number of ether oxygens (including phenoxy) is 2. The minimum atomic E-state index is -0.664. The van der Waals surface area contributed by atoms with E-state index in [9.17, 15) is 9.18 Å². The highest BCUT2D eigenvalue weighted by Gasteiger charge is 2.30. The van der Waals surface area contributed by atoms with Gasteiger partial charge in [0.05, 0.1) is 12.0 Å². The van der Waals surface area contributed by atoms with Crippen molar-refractivity contribution in [3.63, 3.8) is 0 Å². The van der Waals surface area contributed by atoms with Gasteiger partial charge >= 0.3 is 0 Å². The molecule has 0 fully saturated rings. The van der Waals surface area contributed by atoms with Gasteiger partial charge in [0.1, 0.15) is 17.3 Å². The summed E-state index contributed by atoms with van der Waals surface area (Å²) in [6, 6.07) is 21.5. The molecule has 0 aliphatic carbocycles. The zero-order chi connectivity index (χ0) is 23.0. The minimum absolute atomic E-state index is 0.0802. The molecular weight excluding hydrogens is 403 g/mol. The molecule has 4 heteroatoms. The van der Waals surface area contributed by atoms with E-state index in [4.69, 9.17) is 9.47 Å². The maximum atomic E-state index is 14.2. The Morgan fingerprint density at radius 2 is 1.72 bits per heavy atom. The van der Waals surface area contributed by atoms with E-state index in [-0.39, 0.29) is 11.5 Å². The number of Topliss-reactive ketones (excluding diaryl/α,β-unsaturated/α-hetero) is 1. The highest BCUT2D eigenvalue weighted by atomic mass is 19.1. The first-order valence-electron chi connectivity index (χ1n) is 10.9. The third-order valence-electron chi connectivity index (χ3n) is 5.50. The quantitative estimate of drug-likeness (QED) is 0.336. The van der Waals surface area contributed by atoms with Crippen LogP contribution in [0.3, 0.4) is 0 Å². The number of rotatable bonds is 10. The second-order valence-electron chi connectivity index (χ2n) is 7.97. The number of carbonyl (C=O) groups excluding carboxylic acids is 1. The van der Waals surface area contributed by atoms with Gasteiger partial charge in [-0.15, -0.1) is 0 Å². The van der Waals surface area contributed by atoms with Crippen molar-refractivity contribution in [1.82, 2.24) is 0 Å². The van der Waals surface area contributed by atoms with Gasteiger partial charge in [-0.1, -0.05) is 55.5 Å². The molecule has 3 aromatic carbocycles. The van der Waals surface area contributed by atoms with Crippen LogP contribution in [0.1, 0.15) is 44.7 Å². The molecule has 0 bridgehead atoms. The largest absolute Gasteiger partial charge is 0.494 e. The highest BCUT2D eigenvalue weighted by molar-refractivity contribution is 5.88. The normalized spacial score (nSPS) is 13.0. The van der Waals surface area contributed by atoms with Crippen molar-refractivity contribution in [2.75, 3.05) is 6.61 Å². The summed E-state index contributed by atoms with van der Waals surface area (Å²) in [5, 5.41) is 0. The van der Waals surface area contributed by atoms with Crippen molar-refractivity contribution < 1.29 is 18.7 Å². The number of allylic oxidation sites excluding steroid dienone is 1.